The fraction of sp³-hybridized carbons (Fsp3) is 0.500. The lowest BCUT2D eigenvalue weighted by molar-refractivity contribution is 0.0624. The number of ether oxygens (including phenoxy) is 1. The van der Waals surface area contributed by atoms with E-state index in [0.717, 1.165) is 5.56 Å². The van der Waals surface area contributed by atoms with Gasteiger partial charge in [-0.1, -0.05) is 19.0 Å². The van der Waals surface area contributed by atoms with E-state index in [2.05, 4.69) is 10.1 Å². The molecular formula is C20H26FN3O3. The van der Waals surface area contributed by atoms with Crippen LogP contribution in [-0.4, -0.2) is 54.2 Å². The van der Waals surface area contributed by atoms with Gasteiger partial charge in [0.15, 0.2) is 5.76 Å². The Hall–Kier alpha value is -2.41. The Kier molecular flexibility index (Phi) is 5.79. The van der Waals surface area contributed by atoms with E-state index in [4.69, 9.17) is 9.26 Å². The predicted octanol–water partition coefficient (Wildman–Crippen LogP) is 3.21. The molecule has 1 aromatic heterocycles. The highest BCUT2D eigenvalue weighted by Crippen LogP contribution is 2.25. The van der Waals surface area contributed by atoms with Crippen LogP contribution in [0.1, 0.15) is 47.1 Å². The van der Waals surface area contributed by atoms with E-state index in [1.807, 2.05) is 18.7 Å². The number of nitrogens with zero attached hydrogens (tertiary/aromatic N) is 3. The van der Waals surface area contributed by atoms with E-state index in [1.165, 1.54) is 12.1 Å². The minimum Gasteiger partial charge on any atom is -0.496 e. The van der Waals surface area contributed by atoms with Crippen molar-refractivity contribution in [3.63, 3.8) is 0 Å². The van der Waals surface area contributed by atoms with Gasteiger partial charge in [-0.15, -0.1) is 0 Å². The first-order chi connectivity index (χ1) is 12.9. The highest BCUT2D eigenvalue weighted by atomic mass is 19.1. The number of aromatic nitrogens is 1. The molecule has 0 bridgehead atoms. The van der Waals surface area contributed by atoms with Gasteiger partial charge in [0.1, 0.15) is 17.1 Å². The van der Waals surface area contributed by atoms with Crippen molar-refractivity contribution in [2.24, 2.45) is 0 Å². The molecule has 1 fully saturated rings. The van der Waals surface area contributed by atoms with Crippen molar-refractivity contribution in [2.75, 3.05) is 33.3 Å². The summed E-state index contributed by atoms with van der Waals surface area (Å²) in [6, 6.07) is 4.55. The summed E-state index contributed by atoms with van der Waals surface area (Å²) < 4.78 is 24.2. The van der Waals surface area contributed by atoms with Crippen LogP contribution in [0.25, 0.3) is 0 Å². The number of methoxy groups -OCH3 is 1. The third-order valence-corrected chi connectivity index (χ3v) is 4.92. The van der Waals surface area contributed by atoms with Gasteiger partial charge in [0, 0.05) is 44.2 Å². The maximum absolute atomic E-state index is 13.6. The summed E-state index contributed by atoms with van der Waals surface area (Å²) in [5, 5.41) is 3.97. The Morgan fingerprint density at radius 2 is 2.00 bits per heavy atom. The second kappa shape index (κ2) is 8.08. The minimum atomic E-state index is -0.274. The summed E-state index contributed by atoms with van der Waals surface area (Å²) in [6.07, 6.45) is 0. The Labute approximate surface area is 158 Å². The summed E-state index contributed by atoms with van der Waals surface area (Å²) in [7, 11) is 1.58. The average molecular weight is 375 g/mol. The summed E-state index contributed by atoms with van der Waals surface area (Å²) in [5.74, 6) is 1.12. The number of rotatable bonds is 5. The number of hydrogen-bond acceptors (Lipinski definition) is 5. The lowest BCUT2D eigenvalue weighted by Crippen LogP contribution is -2.48. The molecule has 0 aliphatic carbocycles. The van der Waals surface area contributed by atoms with Crippen molar-refractivity contribution in [3.8, 4) is 5.75 Å². The number of halogens is 1. The lowest BCUT2D eigenvalue weighted by Gasteiger charge is -2.35. The fourth-order valence-electron chi connectivity index (χ4n) is 3.42. The zero-order chi connectivity index (χ0) is 19.6. The van der Waals surface area contributed by atoms with Gasteiger partial charge in [0.25, 0.3) is 5.91 Å². The molecule has 0 radical (unpaired) electrons. The molecule has 1 aliphatic rings. The molecule has 1 saturated heterocycles. The maximum Gasteiger partial charge on any atom is 0.259 e. The van der Waals surface area contributed by atoms with E-state index >= 15 is 0 Å². The molecule has 146 valence electrons. The van der Waals surface area contributed by atoms with Crippen LogP contribution in [0.3, 0.4) is 0 Å². The normalized spacial score (nSPS) is 15.4. The second-order valence-corrected chi connectivity index (χ2v) is 7.19. The molecule has 0 atom stereocenters. The number of carbonyl (C=O) groups is 1. The number of amides is 1. The van der Waals surface area contributed by atoms with E-state index in [9.17, 15) is 9.18 Å². The van der Waals surface area contributed by atoms with Gasteiger partial charge in [-0.3, -0.25) is 9.69 Å². The van der Waals surface area contributed by atoms with Crippen LogP contribution in [-0.2, 0) is 6.54 Å². The van der Waals surface area contributed by atoms with Crippen molar-refractivity contribution >= 4 is 5.91 Å². The molecule has 2 aromatic rings. The number of aryl methyl sites for hydroxylation is 1. The number of benzene rings is 1. The molecule has 27 heavy (non-hydrogen) atoms. The molecule has 6 nitrogen and oxygen atoms in total. The van der Waals surface area contributed by atoms with E-state index in [0.29, 0.717) is 55.5 Å². The van der Waals surface area contributed by atoms with Crippen LogP contribution in [0.5, 0.6) is 5.75 Å². The van der Waals surface area contributed by atoms with E-state index < -0.39 is 0 Å². The Bertz CT molecular complexity index is 811. The highest BCUT2D eigenvalue weighted by Gasteiger charge is 2.29. The summed E-state index contributed by atoms with van der Waals surface area (Å²) in [4.78, 5) is 17.0. The first-order valence-corrected chi connectivity index (χ1v) is 9.21. The summed E-state index contributed by atoms with van der Waals surface area (Å²) in [5.41, 5.74) is 2.04. The van der Waals surface area contributed by atoms with Crippen LogP contribution in [0, 0.1) is 12.7 Å². The fourth-order valence-corrected chi connectivity index (χ4v) is 3.42. The Balaban J connectivity index is 1.65. The molecule has 1 amide bonds. The zero-order valence-corrected chi connectivity index (χ0v) is 16.3. The van der Waals surface area contributed by atoms with Gasteiger partial charge >= 0.3 is 0 Å². The zero-order valence-electron chi connectivity index (χ0n) is 16.3. The number of hydrogen-bond donors (Lipinski definition) is 0. The van der Waals surface area contributed by atoms with Gasteiger partial charge < -0.3 is 14.2 Å². The second-order valence-electron chi connectivity index (χ2n) is 7.19. The Morgan fingerprint density at radius 1 is 1.30 bits per heavy atom. The van der Waals surface area contributed by atoms with Crippen LogP contribution >= 0.6 is 0 Å². The predicted molar refractivity (Wildman–Crippen MR) is 99.5 cm³/mol. The third-order valence-electron chi connectivity index (χ3n) is 4.92. The van der Waals surface area contributed by atoms with Crippen molar-refractivity contribution < 1.29 is 18.4 Å². The van der Waals surface area contributed by atoms with Gasteiger partial charge in [-0.25, -0.2) is 4.39 Å². The van der Waals surface area contributed by atoms with Gasteiger partial charge in [-0.05, 0) is 25.1 Å². The topological polar surface area (TPSA) is 58.8 Å². The molecule has 2 heterocycles. The quantitative estimate of drug-likeness (QED) is 0.803. The molecule has 1 aromatic carbocycles. The van der Waals surface area contributed by atoms with Crippen LogP contribution in [0.4, 0.5) is 4.39 Å². The molecule has 0 spiro atoms. The molecule has 7 heteroatoms. The molecule has 0 saturated carbocycles. The largest absolute Gasteiger partial charge is 0.496 e. The first-order valence-electron chi connectivity index (χ1n) is 9.21. The van der Waals surface area contributed by atoms with Crippen LogP contribution in [0.15, 0.2) is 22.7 Å². The van der Waals surface area contributed by atoms with Crippen molar-refractivity contribution in [2.45, 2.75) is 33.2 Å². The molecule has 0 unspecified atom stereocenters. The Morgan fingerprint density at radius 3 is 2.63 bits per heavy atom. The smallest absolute Gasteiger partial charge is 0.259 e. The number of carbonyl (C=O) groups excluding carboxylic acids is 1. The minimum absolute atomic E-state index is 0.0274. The van der Waals surface area contributed by atoms with Crippen molar-refractivity contribution in [3.05, 3.63) is 46.6 Å². The molecular weight excluding hydrogens is 349 g/mol. The van der Waals surface area contributed by atoms with Gasteiger partial charge in [0.05, 0.1) is 12.8 Å². The third kappa shape index (κ3) is 4.13. The molecule has 1 aliphatic heterocycles. The lowest BCUT2D eigenvalue weighted by atomic mass is 10.0. The first kappa shape index (κ1) is 19.4. The van der Waals surface area contributed by atoms with E-state index in [1.54, 1.807) is 20.1 Å². The molecule has 3 rings (SSSR count). The van der Waals surface area contributed by atoms with Gasteiger partial charge in [-0.2, -0.15) is 0 Å². The van der Waals surface area contributed by atoms with Crippen LogP contribution in [0.2, 0.25) is 0 Å². The SMILES string of the molecule is COc1ccc(F)cc1CN1CCN(C(=O)c2c(C)noc2C(C)C)CC1. The maximum atomic E-state index is 13.6. The number of piperazine rings is 1. The van der Waals surface area contributed by atoms with Gasteiger partial charge in [0.2, 0.25) is 0 Å². The summed E-state index contributed by atoms with van der Waals surface area (Å²) >= 11 is 0. The average Bonchev–Trinajstić information content (AvgIpc) is 3.04. The van der Waals surface area contributed by atoms with Crippen LogP contribution < -0.4 is 4.74 Å². The van der Waals surface area contributed by atoms with E-state index in [-0.39, 0.29) is 17.6 Å². The van der Waals surface area contributed by atoms with Crippen molar-refractivity contribution in [1.29, 1.82) is 0 Å². The monoisotopic (exact) mass is 375 g/mol. The van der Waals surface area contributed by atoms with Crippen molar-refractivity contribution in [1.82, 2.24) is 15.0 Å². The standard InChI is InChI=1S/C20H26FN3O3/c1-13(2)19-18(14(3)22-27-19)20(25)24-9-7-23(8-10-24)12-15-11-16(21)5-6-17(15)26-4/h5-6,11,13H,7-10,12H2,1-4H3. The summed E-state index contributed by atoms with van der Waals surface area (Å²) in [6.45, 7) is 9.01. The highest BCUT2D eigenvalue weighted by molar-refractivity contribution is 5.96. The molecule has 0 N–H and O–H groups in total.